The molecule has 9 heteroatoms. The van der Waals surface area contributed by atoms with Gasteiger partial charge in [0.1, 0.15) is 11.6 Å². The number of hydrogen-bond acceptors (Lipinski definition) is 6. The number of benzene rings is 1. The number of nitrogens with one attached hydrogen (secondary N) is 2. The molecule has 5 aliphatic rings. The van der Waals surface area contributed by atoms with Crippen molar-refractivity contribution in [3.05, 3.63) is 42.0 Å². The number of rotatable bonds is 9. The molecule has 1 aromatic carbocycles. The SMILES string of the molecule is CCN1CCN(CCN2C(=O)[C@H]3[C@@H](C(=O)Nc4ccc(C(C)C)cc4)[C@H]4C=C[C@@]3(O4)[C@@H]2C(=O)NC2CCCCC2)CC1. The van der Waals surface area contributed by atoms with Crippen molar-refractivity contribution in [3.8, 4) is 0 Å². The summed E-state index contributed by atoms with van der Waals surface area (Å²) < 4.78 is 6.53. The zero-order valence-corrected chi connectivity index (χ0v) is 25.4. The van der Waals surface area contributed by atoms with Gasteiger partial charge < -0.3 is 25.2 Å². The van der Waals surface area contributed by atoms with E-state index in [2.05, 4.69) is 41.2 Å². The van der Waals surface area contributed by atoms with Crippen LogP contribution in [0, 0.1) is 11.8 Å². The van der Waals surface area contributed by atoms with Crippen LogP contribution in [0.15, 0.2) is 36.4 Å². The quantitative estimate of drug-likeness (QED) is 0.439. The van der Waals surface area contributed by atoms with Gasteiger partial charge in [0.15, 0.2) is 0 Å². The predicted octanol–water partition coefficient (Wildman–Crippen LogP) is 2.99. The highest BCUT2D eigenvalue weighted by atomic mass is 16.5. The summed E-state index contributed by atoms with van der Waals surface area (Å²) in [6.45, 7) is 12.6. The van der Waals surface area contributed by atoms with Crippen molar-refractivity contribution in [3.63, 3.8) is 0 Å². The van der Waals surface area contributed by atoms with E-state index < -0.39 is 29.6 Å². The number of ether oxygens (including phenoxy) is 1. The lowest BCUT2D eigenvalue weighted by molar-refractivity contribution is -0.141. The summed E-state index contributed by atoms with van der Waals surface area (Å²) in [5.74, 6) is -1.53. The van der Waals surface area contributed by atoms with Gasteiger partial charge in [-0.05, 0) is 43.0 Å². The Hall–Kier alpha value is -2.75. The van der Waals surface area contributed by atoms with Gasteiger partial charge >= 0.3 is 0 Å². The van der Waals surface area contributed by atoms with E-state index in [4.69, 9.17) is 4.74 Å². The number of anilines is 1. The normalized spacial score (nSPS) is 31.6. The lowest BCUT2D eigenvalue weighted by Gasteiger charge is -2.37. The molecule has 0 aromatic heterocycles. The molecule has 4 fully saturated rings. The number of carbonyl (C=O) groups excluding carboxylic acids is 3. The van der Waals surface area contributed by atoms with Gasteiger partial charge in [-0.2, -0.15) is 0 Å². The third-order valence-electron chi connectivity index (χ3n) is 10.3. The van der Waals surface area contributed by atoms with Gasteiger partial charge in [-0.25, -0.2) is 0 Å². The van der Waals surface area contributed by atoms with Gasteiger partial charge in [0, 0.05) is 51.0 Å². The highest BCUT2D eigenvalue weighted by molar-refractivity contribution is 6.02. The number of carbonyl (C=O) groups is 3. The number of likely N-dealkylation sites (N-methyl/N-ethyl adjacent to an activating group) is 1. The van der Waals surface area contributed by atoms with Crippen LogP contribution in [0.1, 0.15) is 64.4 Å². The molecule has 1 aliphatic carbocycles. The minimum absolute atomic E-state index is 0.122. The molecule has 0 radical (unpaired) electrons. The van der Waals surface area contributed by atoms with E-state index in [0.717, 1.165) is 58.4 Å². The third kappa shape index (κ3) is 5.40. The highest BCUT2D eigenvalue weighted by Crippen LogP contribution is 2.55. The van der Waals surface area contributed by atoms with E-state index >= 15 is 0 Å². The Balaban J connectivity index is 1.23. The summed E-state index contributed by atoms with van der Waals surface area (Å²) in [5, 5.41) is 6.33. The van der Waals surface area contributed by atoms with Crippen molar-refractivity contribution in [2.75, 3.05) is 51.1 Å². The summed E-state index contributed by atoms with van der Waals surface area (Å²) in [7, 11) is 0. The molecule has 1 spiro atoms. The topological polar surface area (TPSA) is 94.2 Å². The Morgan fingerprint density at radius 1 is 0.976 bits per heavy atom. The number of likely N-dealkylation sites (tertiary alicyclic amines) is 1. The van der Waals surface area contributed by atoms with E-state index in [9.17, 15) is 14.4 Å². The predicted molar refractivity (Wildman–Crippen MR) is 162 cm³/mol. The van der Waals surface area contributed by atoms with Crippen LogP contribution in [-0.4, -0.2) is 102 Å². The molecule has 4 aliphatic heterocycles. The maximum Gasteiger partial charge on any atom is 0.246 e. The summed E-state index contributed by atoms with van der Waals surface area (Å²) >= 11 is 0. The van der Waals surface area contributed by atoms with E-state index in [1.807, 2.05) is 36.4 Å². The van der Waals surface area contributed by atoms with Crippen LogP contribution in [0.3, 0.4) is 0 Å². The Morgan fingerprint density at radius 2 is 1.67 bits per heavy atom. The summed E-state index contributed by atoms with van der Waals surface area (Å²) in [5.41, 5.74) is 0.776. The van der Waals surface area contributed by atoms with Crippen LogP contribution < -0.4 is 10.6 Å². The van der Waals surface area contributed by atoms with E-state index in [0.29, 0.717) is 24.7 Å². The van der Waals surface area contributed by atoms with Crippen molar-refractivity contribution in [2.24, 2.45) is 11.8 Å². The van der Waals surface area contributed by atoms with E-state index in [1.54, 1.807) is 4.90 Å². The van der Waals surface area contributed by atoms with Crippen LogP contribution in [0.4, 0.5) is 5.69 Å². The minimum atomic E-state index is -1.12. The zero-order valence-electron chi connectivity index (χ0n) is 25.4. The Kier molecular flexibility index (Phi) is 8.44. The monoisotopic (exact) mass is 577 g/mol. The maximum absolute atomic E-state index is 14.3. The number of nitrogens with zero attached hydrogens (tertiary/aromatic N) is 3. The fourth-order valence-electron chi connectivity index (χ4n) is 7.79. The summed E-state index contributed by atoms with van der Waals surface area (Å²) in [4.78, 5) is 48.6. The molecule has 2 bridgehead atoms. The molecule has 6 rings (SSSR count). The van der Waals surface area contributed by atoms with E-state index in [1.165, 1.54) is 12.0 Å². The van der Waals surface area contributed by atoms with Gasteiger partial charge in [-0.15, -0.1) is 0 Å². The first-order valence-electron chi connectivity index (χ1n) is 16.1. The zero-order chi connectivity index (χ0) is 29.4. The van der Waals surface area contributed by atoms with Gasteiger partial charge in [0.2, 0.25) is 17.7 Å². The largest absolute Gasteiger partial charge is 0.359 e. The second kappa shape index (κ2) is 12.1. The number of piperazine rings is 1. The number of hydrogen-bond donors (Lipinski definition) is 2. The lowest BCUT2D eigenvalue weighted by Crippen LogP contribution is -2.57. The van der Waals surface area contributed by atoms with Gasteiger partial charge in [0.25, 0.3) is 0 Å². The van der Waals surface area contributed by atoms with Gasteiger partial charge in [0.05, 0.1) is 17.9 Å². The minimum Gasteiger partial charge on any atom is -0.359 e. The summed E-state index contributed by atoms with van der Waals surface area (Å²) in [6.07, 6.45) is 8.61. The Labute approximate surface area is 250 Å². The second-order valence-corrected chi connectivity index (χ2v) is 13.1. The van der Waals surface area contributed by atoms with Crippen molar-refractivity contribution in [2.45, 2.75) is 82.6 Å². The Morgan fingerprint density at radius 3 is 2.33 bits per heavy atom. The fourth-order valence-corrected chi connectivity index (χ4v) is 7.79. The molecule has 1 saturated carbocycles. The standard InChI is InChI=1S/C33H47N5O4/c1-4-36-16-18-37(19-17-36)20-21-38-29(31(40)35-24-8-6-5-7-9-24)33-15-14-26(42-33)27(28(33)32(38)41)30(39)34-25-12-10-23(11-13-25)22(2)3/h10-15,22,24,26-29H,4-9,16-21H2,1-3H3,(H,34,39)(H,35,40)/t26-,27+,28-,29+,33+/m1/s1. The van der Waals surface area contributed by atoms with Crippen molar-refractivity contribution >= 4 is 23.4 Å². The van der Waals surface area contributed by atoms with Crippen LogP contribution in [0.5, 0.6) is 0 Å². The fraction of sp³-hybridized carbons (Fsp3) is 0.667. The molecule has 4 heterocycles. The van der Waals surface area contributed by atoms with Crippen molar-refractivity contribution in [1.29, 1.82) is 0 Å². The smallest absolute Gasteiger partial charge is 0.246 e. The molecule has 228 valence electrons. The molecule has 3 amide bonds. The maximum atomic E-state index is 14.3. The number of fused-ring (bicyclic) bond motifs is 1. The first-order chi connectivity index (χ1) is 20.3. The molecule has 0 unspecified atom stereocenters. The average Bonchev–Trinajstić information content (AvgIpc) is 3.64. The van der Waals surface area contributed by atoms with Crippen LogP contribution in [0.2, 0.25) is 0 Å². The lowest BCUT2D eigenvalue weighted by atomic mass is 9.74. The molecule has 42 heavy (non-hydrogen) atoms. The molecule has 2 N–H and O–H groups in total. The molecule has 9 nitrogen and oxygen atoms in total. The van der Waals surface area contributed by atoms with Crippen molar-refractivity contribution < 1.29 is 19.1 Å². The second-order valence-electron chi connectivity index (χ2n) is 13.1. The third-order valence-corrected chi connectivity index (χ3v) is 10.3. The van der Waals surface area contributed by atoms with Crippen LogP contribution in [-0.2, 0) is 19.1 Å². The van der Waals surface area contributed by atoms with Crippen LogP contribution >= 0.6 is 0 Å². The Bertz CT molecular complexity index is 1190. The number of amides is 3. The molecular weight excluding hydrogens is 530 g/mol. The molecule has 3 saturated heterocycles. The summed E-state index contributed by atoms with van der Waals surface area (Å²) in [6, 6.07) is 7.21. The van der Waals surface area contributed by atoms with Crippen LogP contribution in [0.25, 0.3) is 0 Å². The highest BCUT2D eigenvalue weighted by Gasteiger charge is 2.72. The van der Waals surface area contributed by atoms with Gasteiger partial charge in [-0.3, -0.25) is 19.3 Å². The first-order valence-corrected chi connectivity index (χ1v) is 16.1. The molecule has 1 aromatic rings. The average molecular weight is 578 g/mol. The molecular formula is C33H47N5O4. The van der Waals surface area contributed by atoms with Crippen molar-refractivity contribution in [1.82, 2.24) is 20.0 Å². The molecule has 5 atom stereocenters. The van der Waals surface area contributed by atoms with Gasteiger partial charge in [-0.1, -0.05) is 64.3 Å². The first kappa shape index (κ1) is 29.3. The van der Waals surface area contributed by atoms with E-state index in [-0.39, 0.29) is 23.8 Å².